The normalized spacial score (nSPS) is 12.4. The molecule has 3 heterocycles. The van der Waals surface area contributed by atoms with Crippen LogP contribution >= 0.6 is 0 Å². The summed E-state index contributed by atoms with van der Waals surface area (Å²) in [6, 6.07) is 74.2. The van der Waals surface area contributed by atoms with Gasteiger partial charge in [0.15, 0.2) is 12.9 Å². The molecule has 1 radical (unpaired) electrons. The highest BCUT2D eigenvalue weighted by Crippen LogP contribution is 2.47. The predicted octanol–water partition coefficient (Wildman–Crippen LogP) is 14.1. The van der Waals surface area contributed by atoms with Crippen LogP contribution in [0.2, 0.25) is 0 Å². The quantitative estimate of drug-likeness (QED) is 0.177. The van der Waals surface area contributed by atoms with Crippen LogP contribution in [0.25, 0.3) is 76.4 Å². The van der Waals surface area contributed by atoms with Gasteiger partial charge in [0.2, 0.25) is 0 Å². The van der Waals surface area contributed by atoms with Crippen molar-refractivity contribution in [3.63, 3.8) is 0 Å². The summed E-state index contributed by atoms with van der Waals surface area (Å²) in [5.41, 5.74) is 15.0. The number of fused-ring (bicyclic) bond motifs is 10. The zero-order valence-corrected chi connectivity index (χ0v) is 33.0. The van der Waals surface area contributed by atoms with Crippen molar-refractivity contribution in [3.8, 4) is 11.1 Å². The van der Waals surface area contributed by atoms with Gasteiger partial charge in [-0.15, -0.1) is 0 Å². The molecule has 2 aromatic heterocycles. The lowest BCUT2D eigenvalue weighted by molar-refractivity contribution is 0.669. The van der Waals surface area contributed by atoms with E-state index in [1.807, 2.05) is 6.07 Å². The molecule has 0 bridgehead atoms. The summed E-state index contributed by atoms with van der Waals surface area (Å²) in [5, 5.41) is 9.47. The lowest BCUT2D eigenvalue weighted by Gasteiger charge is -2.36. The fourth-order valence-corrected chi connectivity index (χ4v) is 9.83. The Morgan fingerprint density at radius 3 is 1.90 bits per heavy atom. The minimum Gasteiger partial charge on any atom is -0.454 e. The second kappa shape index (κ2) is 13.3. The third kappa shape index (κ3) is 5.20. The first-order valence-corrected chi connectivity index (χ1v) is 20.8. The molecule has 1 aliphatic rings. The molecule has 0 spiro atoms. The standard InChI is InChI=1S/C56H35BN3O/c1-3-18-38(19-4-1)59(39-20-5-2-6-21-39)40-29-30-47-50(34-40)60(49-27-14-25-44-42-23-11-12-28-52(42)61-56(44)49)51-33-37-17-9-10-22-41(37)53(54(51)57-47)45-26-13-24-43-46-31-35-15-7-8-16-36(35)32-48(46)58-55(43)45/h1-34,58H. The predicted molar refractivity (Wildman–Crippen MR) is 258 cm³/mol. The summed E-state index contributed by atoms with van der Waals surface area (Å²) in [5.74, 6) is 0. The number of furan rings is 1. The molecular formula is C56H35BN3O. The number of nitrogens with zero attached hydrogens (tertiary/aromatic N) is 2. The highest BCUT2D eigenvalue weighted by molar-refractivity contribution is 6.74. The summed E-state index contributed by atoms with van der Waals surface area (Å²) in [4.78, 5) is 8.69. The third-order valence-corrected chi connectivity index (χ3v) is 12.5. The second-order valence-electron chi connectivity index (χ2n) is 16.0. The monoisotopic (exact) mass is 776 g/mol. The topological polar surface area (TPSA) is 35.4 Å². The van der Waals surface area contributed by atoms with Crippen molar-refractivity contribution in [2.45, 2.75) is 0 Å². The highest BCUT2D eigenvalue weighted by Gasteiger charge is 2.32. The van der Waals surface area contributed by atoms with Crippen molar-refractivity contribution in [2.75, 3.05) is 9.80 Å². The van der Waals surface area contributed by atoms with E-state index in [4.69, 9.17) is 4.42 Å². The summed E-state index contributed by atoms with van der Waals surface area (Å²) >= 11 is 0. The number of aromatic nitrogens is 1. The van der Waals surface area contributed by atoms with E-state index in [0.29, 0.717) is 0 Å². The van der Waals surface area contributed by atoms with Gasteiger partial charge in [0, 0.05) is 61.1 Å². The molecular weight excluding hydrogens is 741 g/mol. The van der Waals surface area contributed by atoms with Crippen molar-refractivity contribution >= 4 is 118 Å². The molecule has 1 N–H and O–H groups in total. The van der Waals surface area contributed by atoms with E-state index in [1.165, 1.54) is 43.4 Å². The van der Waals surface area contributed by atoms with E-state index in [1.54, 1.807) is 0 Å². The van der Waals surface area contributed by atoms with E-state index in [9.17, 15) is 0 Å². The summed E-state index contributed by atoms with van der Waals surface area (Å²) in [7, 11) is 2.40. The van der Waals surface area contributed by atoms with Gasteiger partial charge in [-0.3, -0.25) is 0 Å². The summed E-state index contributed by atoms with van der Waals surface area (Å²) < 4.78 is 6.84. The number of rotatable bonds is 5. The number of hydrogen-bond acceptors (Lipinski definition) is 3. The molecule has 10 aromatic carbocycles. The lowest BCUT2D eigenvalue weighted by atomic mass is 9.57. The number of nitrogens with one attached hydrogen (secondary N) is 1. The molecule has 0 fully saturated rings. The molecule has 5 heteroatoms. The molecule has 13 rings (SSSR count). The smallest absolute Gasteiger partial charge is 0.197 e. The minimum absolute atomic E-state index is 0.857. The molecule has 0 atom stereocenters. The van der Waals surface area contributed by atoms with E-state index in [2.05, 4.69) is 222 Å². The first-order valence-electron chi connectivity index (χ1n) is 20.8. The Morgan fingerprint density at radius 1 is 0.443 bits per heavy atom. The van der Waals surface area contributed by atoms with Crippen molar-refractivity contribution < 1.29 is 4.42 Å². The van der Waals surface area contributed by atoms with Crippen LogP contribution in [0.5, 0.6) is 0 Å². The fraction of sp³-hybridized carbons (Fsp3) is 0. The third-order valence-electron chi connectivity index (χ3n) is 12.5. The maximum atomic E-state index is 6.84. The highest BCUT2D eigenvalue weighted by atomic mass is 16.3. The Bertz CT molecular complexity index is 3660. The van der Waals surface area contributed by atoms with Gasteiger partial charge >= 0.3 is 0 Å². The summed E-state index contributed by atoms with van der Waals surface area (Å²) in [6.07, 6.45) is 0. The van der Waals surface area contributed by atoms with Gasteiger partial charge in [-0.25, -0.2) is 0 Å². The maximum Gasteiger partial charge on any atom is 0.197 e. The maximum absolute atomic E-state index is 6.84. The number of H-pyrrole nitrogens is 1. The Balaban J connectivity index is 1.11. The first kappa shape index (κ1) is 33.9. The van der Waals surface area contributed by atoms with Crippen LogP contribution in [0.3, 0.4) is 0 Å². The zero-order valence-electron chi connectivity index (χ0n) is 33.0. The second-order valence-corrected chi connectivity index (χ2v) is 16.0. The number of aromatic amines is 1. The van der Waals surface area contributed by atoms with Gasteiger partial charge in [-0.05, 0) is 99.3 Å². The van der Waals surface area contributed by atoms with Crippen molar-refractivity contribution in [1.82, 2.24) is 4.98 Å². The fourth-order valence-electron chi connectivity index (χ4n) is 9.83. The molecule has 0 saturated heterocycles. The van der Waals surface area contributed by atoms with Crippen LogP contribution in [0.15, 0.2) is 211 Å². The molecule has 0 amide bonds. The lowest BCUT2D eigenvalue weighted by Crippen LogP contribution is -2.41. The minimum atomic E-state index is 0.857. The Morgan fingerprint density at radius 2 is 1.10 bits per heavy atom. The average Bonchev–Trinajstić information content (AvgIpc) is 3.88. The van der Waals surface area contributed by atoms with Gasteiger partial charge in [-0.2, -0.15) is 0 Å². The van der Waals surface area contributed by atoms with Gasteiger partial charge in [0.1, 0.15) is 5.58 Å². The van der Waals surface area contributed by atoms with Crippen molar-refractivity contribution in [1.29, 1.82) is 0 Å². The van der Waals surface area contributed by atoms with Crippen LogP contribution in [0, 0.1) is 0 Å². The van der Waals surface area contributed by atoms with Crippen molar-refractivity contribution in [3.05, 3.63) is 206 Å². The molecule has 283 valence electrons. The SMILES string of the molecule is [B]1c2ccc(N(c3ccccc3)c3ccccc3)cc2N(c2cccc3c2oc2ccccc23)c2cc3ccccc3c(-c3cccc4c3[nH]c3cc5ccccc5cc34)c21. The van der Waals surface area contributed by atoms with Crippen LogP contribution in [-0.2, 0) is 0 Å². The molecule has 61 heavy (non-hydrogen) atoms. The number of benzene rings is 10. The van der Waals surface area contributed by atoms with E-state index in [-0.39, 0.29) is 0 Å². The molecule has 0 aliphatic carbocycles. The first-order chi connectivity index (χ1) is 30.2. The van der Waals surface area contributed by atoms with E-state index in [0.717, 1.165) is 78.0 Å². The molecule has 4 nitrogen and oxygen atoms in total. The van der Waals surface area contributed by atoms with Crippen molar-refractivity contribution in [2.24, 2.45) is 0 Å². The van der Waals surface area contributed by atoms with Gasteiger partial charge in [0.25, 0.3) is 0 Å². The number of para-hydroxylation sites is 5. The van der Waals surface area contributed by atoms with Crippen LogP contribution in [-0.4, -0.2) is 12.3 Å². The molecule has 0 unspecified atom stereocenters. The molecule has 12 aromatic rings. The Kier molecular flexibility index (Phi) is 7.37. The number of anilines is 6. The van der Waals surface area contributed by atoms with E-state index < -0.39 is 0 Å². The molecule has 1 aliphatic heterocycles. The summed E-state index contributed by atoms with van der Waals surface area (Å²) in [6.45, 7) is 0. The largest absolute Gasteiger partial charge is 0.454 e. The Labute approximate surface area is 352 Å². The van der Waals surface area contributed by atoms with Gasteiger partial charge in [-0.1, -0.05) is 145 Å². The van der Waals surface area contributed by atoms with Gasteiger partial charge < -0.3 is 19.2 Å². The molecule has 0 saturated carbocycles. The van der Waals surface area contributed by atoms with Crippen LogP contribution in [0.4, 0.5) is 34.1 Å². The van der Waals surface area contributed by atoms with Crippen LogP contribution in [0.1, 0.15) is 0 Å². The van der Waals surface area contributed by atoms with Gasteiger partial charge in [0.05, 0.1) is 11.2 Å². The average molecular weight is 777 g/mol. The zero-order chi connectivity index (χ0) is 40.0. The van der Waals surface area contributed by atoms with Crippen LogP contribution < -0.4 is 20.7 Å². The number of hydrogen-bond donors (Lipinski definition) is 1. The van der Waals surface area contributed by atoms with E-state index >= 15 is 0 Å². The Hall–Kier alpha value is -8.02.